The van der Waals surface area contributed by atoms with Crippen molar-refractivity contribution in [1.29, 1.82) is 0 Å². The lowest BCUT2D eigenvalue weighted by atomic mass is 10.2. The average Bonchev–Trinajstić information content (AvgIpc) is 2.28. The lowest BCUT2D eigenvalue weighted by Gasteiger charge is -2.14. The van der Waals surface area contributed by atoms with E-state index in [2.05, 4.69) is 10.3 Å². The number of amides is 1. The smallest absolute Gasteiger partial charge is 0.277 e. The number of nitrogens with one attached hydrogen (secondary N) is 1. The van der Waals surface area contributed by atoms with Gasteiger partial charge in [0, 0.05) is 12.4 Å². The number of hydrogen-bond acceptors (Lipinski definition) is 3. The van der Waals surface area contributed by atoms with Gasteiger partial charge in [-0.1, -0.05) is 6.07 Å². The highest BCUT2D eigenvalue weighted by molar-refractivity contribution is 5.85. The molecule has 0 aliphatic rings. The molecule has 0 radical (unpaired) electrons. The molecular weight excluding hydrogens is 252 g/mol. The molecule has 0 aliphatic heterocycles. The van der Waals surface area contributed by atoms with Crippen LogP contribution in [0.2, 0.25) is 0 Å². The molecular formula is C10H14ClF2N3O. The van der Waals surface area contributed by atoms with Gasteiger partial charge in [-0.3, -0.25) is 9.78 Å². The maximum absolute atomic E-state index is 12.7. The fourth-order valence-electron chi connectivity index (χ4n) is 1.05. The Kier molecular flexibility index (Phi) is 6.60. The normalized spacial score (nSPS) is 10.5. The number of pyridine rings is 1. The Morgan fingerprint density at radius 1 is 1.53 bits per heavy atom. The third-order valence-electron chi connectivity index (χ3n) is 1.93. The van der Waals surface area contributed by atoms with Crippen LogP contribution in [-0.4, -0.2) is 29.9 Å². The first kappa shape index (κ1) is 15.7. The third-order valence-corrected chi connectivity index (χ3v) is 1.93. The Morgan fingerprint density at radius 3 is 2.76 bits per heavy atom. The molecule has 0 spiro atoms. The number of halogens is 3. The number of carbonyl (C=O) groups is 1. The summed E-state index contributed by atoms with van der Waals surface area (Å²) in [7, 11) is 0. The highest BCUT2D eigenvalue weighted by atomic mass is 35.5. The molecule has 1 amide bonds. The van der Waals surface area contributed by atoms with E-state index in [9.17, 15) is 13.6 Å². The van der Waals surface area contributed by atoms with Crippen molar-refractivity contribution in [2.75, 3.05) is 13.1 Å². The number of nitrogens with zero attached hydrogens (tertiary/aromatic N) is 1. The molecule has 0 atom stereocenters. The molecule has 17 heavy (non-hydrogen) atoms. The van der Waals surface area contributed by atoms with Gasteiger partial charge in [0.25, 0.3) is 5.92 Å². The molecule has 0 aliphatic carbocycles. The van der Waals surface area contributed by atoms with Crippen LogP contribution in [0, 0.1) is 0 Å². The summed E-state index contributed by atoms with van der Waals surface area (Å²) < 4.78 is 25.4. The summed E-state index contributed by atoms with van der Waals surface area (Å²) in [6.07, 6.45) is 3.12. The van der Waals surface area contributed by atoms with Crippen molar-refractivity contribution in [3.05, 3.63) is 30.1 Å². The molecule has 1 rings (SSSR count). The van der Waals surface area contributed by atoms with Crippen LogP contribution >= 0.6 is 12.4 Å². The van der Waals surface area contributed by atoms with E-state index in [0.29, 0.717) is 5.56 Å². The van der Waals surface area contributed by atoms with Gasteiger partial charge >= 0.3 is 0 Å². The minimum atomic E-state index is -3.05. The summed E-state index contributed by atoms with van der Waals surface area (Å²) in [5, 5.41) is 2.13. The molecule has 0 saturated carbocycles. The van der Waals surface area contributed by atoms with Crippen molar-refractivity contribution in [1.82, 2.24) is 10.3 Å². The zero-order chi connectivity index (χ0) is 12.0. The van der Waals surface area contributed by atoms with Crippen LogP contribution in [0.4, 0.5) is 8.78 Å². The van der Waals surface area contributed by atoms with E-state index in [1.807, 2.05) is 0 Å². The van der Waals surface area contributed by atoms with Gasteiger partial charge in [0.2, 0.25) is 5.91 Å². The molecule has 4 nitrogen and oxygen atoms in total. The van der Waals surface area contributed by atoms with Crippen LogP contribution in [0.15, 0.2) is 24.5 Å². The highest BCUT2D eigenvalue weighted by Gasteiger charge is 2.26. The second kappa shape index (κ2) is 7.13. The topological polar surface area (TPSA) is 68.0 Å². The van der Waals surface area contributed by atoms with Crippen LogP contribution in [-0.2, 0) is 11.2 Å². The first-order valence-electron chi connectivity index (χ1n) is 4.77. The number of nitrogens with two attached hydrogens (primary N) is 1. The van der Waals surface area contributed by atoms with Crippen molar-refractivity contribution < 1.29 is 13.6 Å². The Labute approximate surface area is 104 Å². The summed E-state index contributed by atoms with van der Waals surface area (Å²) in [6, 6.07) is 3.38. The first-order chi connectivity index (χ1) is 7.53. The SMILES string of the molecule is Cl.NCC(F)(F)CNC(=O)Cc1cccnc1. The molecule has 0 fully saturated rings. The van der Waals surface area contributed by atoms with Crippen LogP contribution < -0.4 is 11.1 Å². The third kappa shape index (κ3) is 6.13. The van der Waals surface area contributed by atoms with E-state index in [1.165, 1.54) is 6.20 Å². The van der Waals surface area contributed by atoms with Crippen LogP contribution in [0.25, 0.3) is 0 Å². The maximum atomic E-state index is 12.7. The minimum absolute atomic E-state index is 0. The van der Waals surface area contributed by atoms with Gasteiger partial charge < -0.3 is 11.1 Å². The maximum Gasteiger partial charge on any atom is 0.277 e. The van der Waals surface area contributed by atoms with Crippen LogP contribution in [0.5, 0.6) is 0 Å². The molecule has 1 heterocycles. The number of rotatable bonds is 5. The fourth-order valence-corrected chi connectivity index (χ4v) is 1.05. The number of alkyl halides is 2. The Morgan fingerprint density at radius 2 is 2.24 bits per heavy atom. The van der Waals surface area contributed by atoms with Crippen molar-refractivity contribution in [3.8, 4) is 0 Å². The Bertz CT molecular complexity index is 349. The van der Waals surface area contributed by atoms with Gasteiger partial charge in [0.1, 0.15) is 0 Å². The molecule has 1 aromatic heterocycles. The van der Waals surface area contributed by atoms with Crippen LogP contribution in [0.1, 0.15) is 5.56 Å². The molecule has 0 saturated heterocycles. The summed E-state index contributed by atoms with van der Waals surface area (Å²) >= 11 is 0. The zero-order valence-electron chi connectivity index (χ0n) is 9.03. The number of aromatic nitrogens is 1. The molecule has 0 bridgehead atoms. The van der Waals surface area contributed by atoms with Crippen molar-refractivity contribution in [2.45, 2.75) is 12.3 Å². The van der Waals surface area contributed by atoms with Gasteiger partial charge in [0.05, 0.1) is 19.5 Å². The Balaban J connectivity index is 0.00000256. The number of carbonyl (C=O) groups excluding carboxylic acids is 1. The summed E-state index contributed by atoms with van der Waals surface area (Å²) in [4.78, 5) is 15.1. The standard InChI is InChI=1S/C10H13F2N3O.ClH/c11-10(12,6-13)7-15-9(16)4-8-2-1-3-14-5-8;/h1-3,5H,4,6-7,13H2,(H,15,16);1H. The van der Waals surface area contributed by atoms with E-state index in [4.69, 9.17) is 5.73 Å². The Hall–Kier alpha value is -1.27. The highest BCUT2D eigenvalue weighted by Crippen LogP contribution is 2.08. The predicted octanol–water partition coefficient (Wildman–Crippen LogP) is 0.756. The van der Waals surface area contributed by atoms with E-state index >= 15 is 0 Å². The summed E-state index contributed by atoms with van der Waals surface area (Å²) in [5.41, 5.74) is 5.51. The number of hydrogen-bond donors (Lipinski definition) is 2. The second-order valence-corrected chi connectivity index (χ2v) is 3.37. The van der Waals surface area contributed by atoms with E-state index in [1.54, 1.807) is 18.3 Å². The molecule has 0 unspecified atom stereocenters. The van der Waals surface area contributed by atoms with E-state index < -0.39 is 24.9 Å². The quantitative estimate of drug-likeness (QED) is 0.826. The van der Waals surface area contributed by atoms with Crippen LogP contribution in [0.3, 0.4) is 0 Å². The van der Waals surface area contributed by atoms with Gasteiger partial charge in [-0.2, -0.15) is 0 Å². The lowest BCUT2D eigenvalue weighted by molar-refractivity contribution is -0.122. The molecule has 0 aromatic carbocycles. The van der Waals surface area contributed by atoms with Gasteiger partial charge in [0.15, 0.2) is 0 Å². The van der Waals surface area contributed by atoms with Gasteiger partial charge in [-0.25, -0.2) is 8.78 Å². The van der Waals surface area contributed by atoms with Gasteiger partial charge in [-0.05, 0) is 11.6 Å². The van der Waals surface area contributed by atoms with E-state index in [0.717, 1.165) is 0 Å². The molecule has 1 aromatic rings. The average molecular weight is 266 g/mol. The fraction of sp³-hybridized carbons (Fsp3) is 0.400. The van der Waals surface area contributed by atoms with Crippen molar-refractivity contribution in [3.63, 3.8) is 0 Å². The lowest BCUT2D eigenvalue weighted by Crippen LogP contribution is -2.42. The molecule has 3 N–H and O–H groups in total. The zero-order valence-corrected chi connectivity index (χ0v) is 9.84. The summed E-state index contributed by atoms with van der Waals surface area (Å²) in [6.45, 7) is -1.51. The second-order valence-electron chi connectivity index (χ2n) is 3.37. The predicted molar refractivity (Wildman–Crippen MR) is 62.2 cm³/mol. The molecule has 7 heteroatoms. The monoisotopic (exact) mass is 265 g/mol. The minimum Gasteiger partial charge on any atom is -0.350 e. The van der Waals surface area contributed by atoms with E-state index in [-0.39, 0.29) is 18.8 Å². The summed E-state index contributed by atoms with van der Waals surface area (Å²) in [5.74, 6) is -3.52. The van der Waals surface area contributed by atoms with Gasteiger partial charge in [-0.15, -0.1) is 12.4 Å². The van der Waals surface area contributed by atoms with Crippen molar-refractivity contribution >= 4 is 18.3 Å². The largest absolute Gasteiger partial charge is 0.350 e. The van der Waals surface area contributed by atoms with Crippen molar-refractivity contribution in [2.24, 2.45) is 5.73 Å². The first-order valence-corrected chi connectivity index (χ1v) is 4.77. The molecule has 96 valence electrons.